The van der Waals surface area contributed by atoms with Crippen molar-refractivity contribution in [2.45, 2.75) is 226 Å². The summed E-state index contributed by atoms with van der Waals surface area (Å²) < 4.78 is 37.5. The van der Waals surface area contributed by atoms with Crippen molar-refractivity contribution in [2.24, 2.45) is 0 Å². The number of nitrogens with two attached hydrogens (primary N) is 1. The largest absolute Gasteiger partial charge is 0.455 e. The van der Waals surface area contributed by atoms with Gasteiger partial charge in [-0.2, -0.15) is 0 Å². The monoisotopic (exact) mass is 1010 g/mol. The van der Waals surface area contributed by atoms with E-state index in [1.54, 1.807) is 0 Å². The first-order valence-electron chi connectivity index (χ1n) is 26.6. The number of aliphatic hydroxyl groups excluding tert-OH is 4. The molecular weight excluding hydrogens is 889 g/mol. The van der Waals surface area contributed by atoms with Crippen LogP contribution in [0.5, 0.6) is 0 Å². The number of rotatable bonds is 42. The molecule has 0 saturated carbocycles. The number of hydrogen-bond acceptors (Lipinski definition) is 10. The highest BCUT2D eigenvalue weighted by atomic mass is 28.4. The SMILES string of the molecule is CC.CC.CC.CCC(O)COCCC[Si](C)(C)O[Si](C)(C)CCCOCC(O)CCCC(O)COCCC[Si](C)(C)O[Si](C)(C)CCCOCC(O)C[N+](C)(C)CCCCCC[NH2+]C. The van der Waals surface area contributed by atoms with Gasteiger partial charge in [-0.1, -0.05) is 48.5 Å². The molecule has 4 unspecified atom stereocenters. The minimum atomic E-state index is -1.85. The minimum Gasteiger partial charge on any atom is -0.455 e. The van der Waals surface area contributed by atoms with E-state index in [9.17, 15) is 20.4 Å². The number of quaternary nitrogens is 2. The minimum absolute atomic E-state index is 0.317. The molecule has 65 heavy (non-hydrogen) atoms. The van der Waals surface area contributed by atoms with E-state index in [-0.39, 0.29) is 6.10 Å². The van der Waals surface area contributed by atoms with Crippen molar-refractivity contribution in [3.05, 3.63) is 0 Å². The van der Waals surface area contributed by atoms with Gasteiger partial charge in [-0.3, -0.25) is 0 Å². The molecule has 6 N–H and O–H groups in total. The summed E-state index contributed by atoms with van der Waals surface area (Å²) in [6.07, 6.45) is 9.57. The Morgan fingerprint density at radius 1 is 0.446 bits per heavy atom. The third-order valence-corrected chi connectivity index (χ3v) is 25.9. The van der Waals surface area contributed by atoms with Crippen molar-refractivity contribution in [1.29, 1.82) is 0 Å². The Balaban J connectivity index is -0.00000296. The maximum absolute atomic E-state index is 10.6. The van der Waals surface area contributed by atoms with Crippen LogP contribution in [-0.2, 0) is 27.2 Å². The van der Waals surface area contributed by atoms with Crippen LogP contribution < -0.4 is 5.32 Å². The van der Waals surface area contributed by atoms with Crippen LogP contribution in [0.1, 0.15) is 126 Å². The van der Waals surface area contributed by atoms with Crippen LogP contribution in [-0.4, -0.2) is 176 Å². The first kappa shape index (κ1) is 71.9. The number of likely N-dealkylation sites (N-methyl/N-ethyl adjacent to an activating group) is 1. The molecule has 0 heterocycles. The zero-order valence-corrected chi connectivity index (χ0v) is 50.7. The Morgan fingerprint density at radius 3 is 1.11 bits per heavy atom. The Kier molecular flexibility index (Phi) is 49.1. The van der Waals surface area contributed by atoms with Crippen molar-refractivity contribution < 1.29 is 57.4 Å². The molecule has 4 atom stereocenters. The van der Waals surface area contributed by atoms with Crippen molar-refractivity contribution in [3.63, 3.8) is 0 Å². The lowest BCUT2D eigenvalue weighted by molar-refractivity contribution is -0.893. The summed E-state index contributed by atoms with van der Waals surface area (Å²) in [4.78, 5) is 0. The Bertz CT molecular complexity index is 1000. The molecule has 0 aliphatic heterocycles. The molecule has 0 aromatic rings. The van der Waals surface area contributed by atoms with Gasteiger partial charge in [-0.25, -0.2) is 0 Å². The van der Waals surface area contributed by atoms with E-state index in [1.807, 2.05) is 48.5 Å². The summed E-state index contributed by atoms with van der Waals surface area (Å²) in [6.45, 7) is 39.3. The third-order valence-electron chi connectivity index (χ3n) is 10.9. The normalized spacial score (nSPS) is 14.3. The Hall–Kier alpha value is 0.388. The second kappa shape index (κ2) is 44.3. The predicted octanol–water partition coefficient (Wildman–Crippen LogP) is 9.40. The fourth-order valence-corrected chi connectivity index (χ4v) is 25.4. The standard InChI is InChI=1S/C43H99N2O10Si4.3C2H6/c1-13-40(46)36-50-27-19-31-56(5,6)54-57(7,8)32-20-28-51-37-41(47)23-18-24-42(48)38-52-29-21-33-58(9,10)55-59(11,12)34-22-30-53-39-43(49)35-45(3,4)26-17-15-14-16-25-44-2;3*1-2/h40-44,46-49H,13-39H2,1-12H3;3*1-2H3/q+1;;;/p+1. The summed E-state index contributed by atoms with van der Waals surface area (Å²) in [6, 6.07) is 4.14. The molecule has 0 aromatic heterocycles. The topological polar surface area (TPSA) is 153 Å². The third kappa shape index (κ3) is 50.6. The number of nitrogens with zero attached hydrogens (tertiary/aromatic N) is 1. The van der Waals surface area contributed by atoms with E-state index in [0.717, 1.165) is 80.3 Å². The van der Waals surface area contributed by atoms with Crippen LogP contribution in [0.25, 0.3) is 0 Å². The lowest BCUT2D eigenvalue weighted by atomic mass is 10.1. The van der Waals surface area contributed by atoms with Crippen LogP contribution >= 0.6 is 0 Å². The van der Waals surface area contributed by atoms with Crippen LogP contribution in [0.4, 0.5) is 0 Å². The molecule has 0 saturated heterocycles. The number of hydrogen-bond donors (Lipinski definition) is 5. The first-order chi connectivity index (χ1) is 30.5. The molecule has 0 amide bonds. The van der Waals surface area contributed by atoms with Crippen LogP contribution in [0.2, 0.25) is 76.6 Å². The van der Waals surface area contributed by atoms with Crippen LogP contribution in [0.3, 0.4) is 0 Å². The van der Waals surface area contributed by atoms with Crippen LogP contribution in [0, 0.1) is 0 Å². The lowest BCUT2D eigenvalue weighted by Crippen LogP contribution is -2.79. The summed E-state index contributed by atoms with van der Waals surface area (Å²) in [5, 5.41) is 43.3. The quantitative estimate of drug-likeness (QED) is 0.0227. The Morgan fingerprint density at radius 2 is 0.769 bits per heavy atom. The maximum atomic E-state index is 10.6. The molecule has 16 heteroatoms. The van der Waals surface area contributed by atoms with E-state index >= 15 is 0 Å². The molecule has 0 bridgehead atoms. The first-order valence-corrected chi connectivity index (χ1v) is 39.0. The summed E-state index contributed by atoms with van der Waals surface area (Å²) in [7, 11) is -0.742. The molecule has 0 aliphatic carbocycles. The van der Waals surface area contributed by atoms with Gasteiger partial charge in [-0.05, 0) is 154 Å². The number of unbranched alkanes of at least 4 members (excludes halogenated alkanes) is 3. The Labute approximate surface area is 409 Å². The predicted molar refractivity (Wildman–Crippen MR) is 288 cm³/mol. The van der Waals surface area contributed by atoms with Gasteiger partial charge in [0.25, 0.3) is 0 Å². The molecular formula is C49H118N2O10Si4+2. The van der Waals surface area contributed by atoms with Gasteiger partial charge < -0.3 is 57.4 Å². The lowest BCUT2D eigenvalue weighted by Gasteiger charge is -2.34. The van der Waals surface area contributed by atoms with Gasteiger partial charge in [0, 0.05) is 26.4 Å². The average Bonchev–Trinajstić information content (AvgIpc) is 3.22. The van der Waals surface area contributed by atoms with Crippen molar-refractivity contribution in [3.8, 4) is 0 Å². The molecule has 0 spiro atoms. The fraction of sp³-hybridized carbons (Fsp3) is 1.00. The van der Waals surface area contributed by atoms with Gasteiger partial charge in [0.1, 0.15) is 12.6 Å². The molecule has 0 fully saturated rings. The highest BCUT2D eigenvalue weighted by Crippen LogP contribution is 2.25. The van der Waals surface area contributed by atoms with E-state index in [2.05, 4.69) is 78.8 Å². The maximum Gasteiger partial charge on any atom is 0.173 e. The van der Waals surface area contributed by atoms with E-state index < -0.39 is 51.6 Å². The van der Waals surface area contributed by atoms with E-state index in [1.165, 1.54) is 32.2 Å². The summed E-state index contributed by atoms with van der Waals surface area (Å²) >= 11 is 0. The number of aliphatic hydroxyl groups is 4. The van der Waals surface area contributed by atoms with Gasteiger partial charge in [0.2, 0.25) is 0 Å². The fourth-order valence-electron chi connectivity index (χ4n) is 7.81. The zero-order chi connectivity index (χ0) is 50.9. The smallest absolute Gasteiger partial charge is 0.173 e. The molecule has 0 radical (unpaired) electrons. The van der Waals surface area contributed by atoms with Crippen LogP contribution in [0.15, 0.2) is 0 Å². The summed E-state index contributed by atoms with van der Waals surface area (Å²) in [5.74, 6) is 0. The van der Waals surface area contributed by atoms with Gasteiger partial charge >= 0.3 is 0 Å². The highest BCUT2D eigenvalue weighted by molar-refractivity contribution is 6.85. The zero-order valence-electron chi connectivity index (χ0n) is 46.7. The molecule has 12 nitrogen and oxygen atoms in total. The molecule has 0 aromatic carbocycles. The second-order valence-electron chi connectivity index (χ2n) is 20.4. The van der Waals surface area contributed by atoms with Gasteiger partial charge in [0.15, 0.2) is 33.3 Å². The second-order valence-corrected chi connectivity index (χ2v) is 38.1. The van der Waals surface area contributed by atoms with Crippen molar-refractivity contribution >= 4 is 33.3 Å². The molecule has 0 aliphatic rings. The number of ether oxygens (including phenoxy) is 4. The average molecular weight is 1010 g/mol. The van der Waals surface area contributed by atoms with E-state index in [4.69, 9.17) is 27.2 Å². The van der Waals surface area contributed by atoms with Gasteiger partial charge in [-0.15, -0.1) is 0 Å². The van der Waals surface area contributed by atoms with E-state index in [0.29, 0.717) is 65.7 Å². The molecule has 0 rings (SSSR count). The highest BCUT2D eigenvalue weighted by Gasteiger charge is 2.33. The van der Waals surface area contributed by atoms with Gasteiger partial charge in [0.05, 0.1) is 79.0 Å². The summed E-state index contributed by atoms with van der Waals surface area (Å²) in [5.41, 5.74) is 0. The van der Waals surface area contributed by atoms with Crippen molar-refractivity contribution in [2.75, 3.05) is 93.6 Å². The van der Waals surface area contributed by atoms with Crippen molar-refractivity contribution in [1.82, 2.24) is 0 Å². The molecule has 398 valence electrons.